The first-order valence-electron chi connectivity index (χ1n) is 16.7. The summed E-state index contributed by atoms with van der Waals surface area (Å²) in [4.78, 5) is 9.85. The molecule has 4 heteroatoms. The van der Waals surface area contributed by atoms with Crippen molar-refractivity contribution < 1.29 is 0 Å². The summed E-state index contributed by atoms with van der Waals surface area (Å²) in [5, 5.41) is 7.05. The summed E-state index contributed by atoms with van der Waals surface area (Å²) in [6, 6.07) is 61.2. The van der Waals surface area contributed by atoms with Crippen LogP contribution in [0.15, 0.2) is 170 Å². The summed E-state index contributed by atoms with van der Waals surface area (Å²) >= 11 is 3.48. The van der Waals surface area contributed by atoms with Crippen LogP contribution < -0.4 is 0 Å². The molecule has 0 saturated heterocycles. The van der Waals surface area contributed by atoms with Crippen LogP contribution in [0, 0.1) is 0 Å². The summed E-state index contributed by atoms with van der Waals surface area (Å²) in [6.45, 7) is 0. The molecule has 234 valence electrons. The van der Waals surface area contributed by atoms with E-state index in [1.807, 2.05) is 0 Å². The van der Waals surface area contributed by atoms with Crippen molar-refractivity contribution in [3.8, 4) is 54.5 Å². The monoisotopic (exact) mass is 672 g/mol. The van der Waals surface area contributed by atoms with Gasteiger partial charge in [0.25, 0.3) is 0 Å². The van der Waals surface area contributed by atoms with Gasteiger partial charge in [-0.2, -0.15) is 0 Å². The van der Waals surface area contributed by atoms with E-state index in [2.05, 4.69) is 170 Å². The highest BCUT2D eigenvalue weighted by atomic mass is 32.1. The van der Waals surface area contributed by atoms with E-state index in [9.17, 15) is 0 Å². The number of nitrogens with zero attached hydrogens (tertiary/aromatic N) is 2. The summed E-state index contributed by atoms with van der Waals surface area (Å²) < 4.78 is 2.42. The molecule has 2 aromatic heterocycles. The molecule has 2 nitrogen and oxygen atoms in total. The third-order valence-electron chi connectivity index (χ3n) is 9.56. The van der Waals surface area contributed by atoms with Crippen molar-refractivity contribution in [1.82, 2.24) is 9.97 Å². The quantitative estimate of drug-likeness (QED) is 0.170. The predicted molar refractivity (Wildman–Crippen MR) is 215 cm³/mol. The molecule has 0 aliphatic carbocycles. The molecular weight excluding hydrogens is 645 g/mol. The van der Waals surface area contributed by atoms with Crippen LogP contribution in [0.2, 0.25) is 0 Å². The van der Waals surface area contributed by atoms with Crippen molar-refractivity contribution in [3.05, 3.63) is 170 Å². The Kier molecular flexibility index (Phi) is 6.90. The average Bonchev–Trinajstić information content (AvgIpc) is 3.82. The highest BCUT2D eigenvalue weighted by Gasteiger charge is 2.18. The van der Waals surface area contributed by atoms with Crippen molar-refractivity contribution in [2.45, 2.75) is 0 Å². The first kappa shape index (κ1) is 29.0. The molecule has 8 aromatic carbocycles. The topological polar surface area (TPSA) is 25.8 Å². The lowest BCUT2D eigenvalue weighted by atomic mass is 9.84. The maximum Gasteiger partial charge on any atom is 0.124 e. The van der Waals surface area contributed by atoms with Gasteiger partial charge in [0.1, 0.15) is 10.0 Å². The first-order chi connectivity index (χ1) is 24.8. The fraction of sp³-hybridized carbons (Fsp3) is 0. The van der Waals surface area contributed by atoms with Crippen LogP contribution in [0.3, 0.4) is 0 Å². The summed E-state index contributed by atoms with van der Waals surface area (Å²) in [6.07, 6.45) is 0. The van der Waals surface area contributed by atoms with E-state index in [4.69, 9.17) is 9.97 Å². The fourth-order valence-electron chi connectivity index (χ4n) is 7.16. The van der Waals surface area contributed by atoms with Crippen LogP contribution in [0.1, 0.15) is 0 Å². The zero-order valence-electron chi connectivity index (χ0n) is 26.9. The standard InChI is InChI=1S/C46H28N2S2/c1-2-10-29(11-3-1)34-26-27-37-38(28-34)44(31-20-24-33(25-21-31)46-48-40-15-7-9-17-42(40)50-46)36-13-5-4-12-35(36)43(37)30-18-22-32(23-19-30)45-47-39-14-6-8-16-41(39)49-45/h1-28H. The average molecular weight is 673 g/mol. The Morgan fingerprint density at radius 2 is 0.720 bits per heavy atom. The number of thiazole rings is 2. The zero-order chi connectivity index (χ0) is 33.0. The van der Waals surface area contributed by atoms with Crippen molar-refractivity contribution in [3.63, 3.8) is 0 Å². The molecule has 10 aromatic rings. The third kappa shape index (κ3) is 4.92. The molecule has 2 heterocycles. The van der Waals surface area contributed by atoms with Gasteiger partial charge in [-0.25, -0.2) is 9.97 Å². The van der Waals surface area contributed by atoms with Crippen molar-refractivity contribution >= 4 is 64.7 Å². The lowest BCUT2D eigenvalue weighted by Gasteiger charge is -2.19. The molecule has 0 fully saturated rings. The van der Waals surface area contributed by atoms with Gasteiger partial charge in [-0.15, -0.1) is 22.7 Å². The molecule has 0 bridgehead atoms. The van der Waals surface area contributed by atoms with Crippen molar-refractivity contribution in [2.24, 2.45) is 0 Å². The normalized spacial score (nSPS) is 11.6. The van der Waals surface area contributed by atoms with Crippen LogP contribution in [-0.4, -0.2) is 9.97 Å². The SMILES string of the molecule is c1ccc(-c2ccc3c(-c4ccc(-c5nc6ccccc6s5)cc4)c4ccccc4c(-c4ccc(-c5nc6ccccc6s5)cc4)c3c2)cc1. The molecule has 0 atom stereocenters. The maximum absolute atomic E-state index is 4.93. The second-order valence-electron chi connectivity index (χ2n) is 12.6. The van der Waals surface area contributed by atoms with Gasteiger partial charge in [-0.3, -0.25) is 0 Å². The number of hydrogen-bond donors (Lipinski definition) is 0. The molecule has 0 spiro atoms. The summed E-state index contributed by atoms with van der Waals surface area (Å²) in [5.41, 5.74) is 11.7. The van der Waals surface area contributed by atoms with Gasteiger partial charge >= 0.3 is 0 Å². The molecule has 0 aliphatic heterocycles. The molecule has 0 aliphatic rings. The third-order valence-corrected chi connectivity index (χ3v) is 11.7. The number of fused-ring (bicyclic) bond motifs is 4. The highest BCUT2D eigenvalue weighted by molar-refractivity contribution is 7.22. The molecule has 0 amide bonds. The van der Waals surface area contributed by atoms with Crippen LogP contribution in [0.25, 0.3) is 96.5 Å². The maximum atomic E-state index is 4.93. The van der Waals surface area contributed by atoms with E-state index in [1.165, 1.54) is 64.3 Å². The minimum atomic E-state index is 1.04. The van der Waals surface area contributed by atoms with Crippen LogP contribution in [0.4, 0.5) is 0 Å². The molecule has 0 unspecified atom stereocenters. The van der Waals surface area contributed by atoms with E-state index < -0.39 is 0 Å². The largest absolute Gasteiger partial charge is 0.236 e. The van der Waals surface area contributed by atoms with Gasteiger partial charge in [-0.05, 0) is 85.3 Å². The number of rotatable bonds is 5. The zero-order valence-corrected chi connectivity index (χ0v) is 28.5. The predicted octanol–water partition coefficient (Wildman–Crippen LogP) is 13.5. The fourth-order valence-corrected chi connectivity index (χ4v) is 9.10. The van der Waals surface area contributed by atoms with Gasteiger partial charge in [0.15, 0.2) is 0 Å². The highest BCUT2D eigenvalue weighted by Crippen LogP contribution is 2.45. The molecule has 0 radical (unpaired) electrons. The van der Waals surface area contributed by atoms with Gasteiger partial charge in [0.05, 0.1) is 20.4 Å². The minimum absolute atomic E-state index is 1.04. The molecular formula is C46H28N2S2. The van der Waals surface area contributed by atoms with E-state index in [1.54, 1.807) is 22.7 Å². The first-order valence-corrected chi connectivity index (χ1v) is 18.4. The lowest BCUT2D eigenvalue weighted by Crippen LogP contribution is -1.92. The van der Waals surface area contributed by atoms with Crippen molar-refractivity contribution in [1.29, 1.82) is 0 Å². The molecule has 50 heavy (non-hydrogen) atoms. The Hall–Kier alpha value is -5.94. The lowest BCUT2D eigenvalue weighted by molar-refractivity contribution is 1.48. The van der Waals surface area contributed by atoms with Crippen LogP contribution >= 0.6 is 22.7 Å². The van der Waals surface area contributed by atoms with Crippen molar-refractivity contribution in [2.75, 3.05) is 0 Å². The van der Waals surface area contributed by atoms with E-state index >= 15 is 0 Å². The second kappa shape index (κ2) is 11.9. The van der Waals surface area contributed by atoms with E-state index in [0.717, 1.165) is 32.2 Å². The Labute approximate surface area is 297 Å². The number of hydrogen-bond acceptors (Lipinski definition) is 4. The summed E-state index contributed by atoms with van der Waals surface area (Å²) in [7, 11) is 0. The summed E-state index contributed by atoms with van der Waals surface area (Å²) in [5.74, 6) is 0. The Morgan fingerprint density at radius 1 is 0.300 bits per heavy atom. The van der Waals surface area contributed by atoms with Gasteiger partial charge in [0, 0.05) is 11.1 Å². The van der Waals surface area contributed by atoms with Gasteiger partial charge < -0.3 is 0 Å². The number of benzene rings is 8. The Balaban J connectivity index is 1.16. The van der Waals surface area contributed by atoms with Crippen LogP contribution in [0.5, 0.6) is 0 Å². The van der Waals surface area contributed by atoms with Gasteiger partial charge in [0.2, 0.25) is 0 Å². The molecule has 10 rings (SSSR count). The second-order valence-corrected chi connectivity index (χ2v) is 14.6. The molecule has 0 saturated carbocycles. The molecule has 0 N–H and O–H groups in total. The van der Waals surface area contributed by atoms with Gasteiger partial charge in [-0.1, -0.05) is 140 Å². The number of aromatic nitrogens is 2. The Bertz CT molecular complexity index is 2780. The van der Waals surface area contributed by atoms with Crippen LogP contribution in [-0.2, 0) is 0 Å². The van der Waals surface area contributed by atoms with E-state index in [0.29, 0.717) is 0 Å². The minimum Gasteiger partial charge on any atom is -0.236 e. The smallest absolute Gasteiger partial charge is 0.124 e. The number of para-hydroxylation sites is 2. The Morgan fingerprint density at radius 3 is 1.26 bits per heavy atom. The van der Waals surface area contributed by atoms with E-state index in [-0.39, 0.29) is 0 Å².